The second-order valence-electron chi connectivity index (χ2n) is 4.98. The molecule has 2 rings (SSSR count). The largest absolute Gasteiger partial charge is 0.481 e. The van der Waals surface area contributed by atoms with E-state index in [1.165, 1.54) is 5.56 Å². The number of aryl methyl sites for hydroxylation is 1. The lowest BCUT2D eigenvalue weighted by Gasteiger charge is -2.24. The van der Waals surface area contributed by atoms with Gasteiger partial charge in [-0.15, -0.1) is 0 Å². The maximum atomic E-state index is 11.3. The SMILES string of the molecule is CC(CCc1ccccc1)(C(=O)O)C1CC1. The lowest BCUT2D eigenvalue weighted by atomic mass is 9.79. The monoisotopic (exact) mass is 218 g/mol. The first-order valence-electron chi connectivity index (χ1n) is 5.90. The summed E-state index contributed by atoms with van der Waals surface area (Å²) in [7, 11) is 0. The highest BCUT2D eigenvalue weighted by molar-refractivity contribution is 5.75. The Balaban J connectivity index is 2.00. The summed E-state index contributed by atoms with van der Waals surface area (Å²) in [5.41, 5.74) is 0.714. The standard InChI is InChI=1S/C14H18O2/c1-14(13(15)16,12-7-8-12)10-9-11-5-3-2-4-6-11/h2-6,12H,7-10H2,1H3,(H,15,16). The molecule has 1 aliphatic rings. The summed E-state index contributed by atoms with van der Waals surface area (Å²) in [6.07, 6.45) is 3.77. The van der Waals surface area contributed by atoms with Crippen molar-refractivity contribution < 1.29 is 9.90 Å². The Bertz CT molecular complexity index is 368. The van der Waals surface area contributed by atoms with Crippen LogP contribution in [0.4, 0.5) is 0 Å². The number of carboxylic acid groups (broad SMARTS) is 1. The van der Waals surface area contributed by atoms with Gasteiger partial charge in [0.2, 0.25) is 0 Å². The first-order valence-corrected chi connectivity index (χ1v) is 5.90. The molecule has 1 N–H and O–H groups in total. The van der Waals surface area contributed by atoms with Crippen LogP contribution in [0.3, 0.4) is 0 Å². The first kappa shape index (κ1) is 11.2. The van der Waals surface area contributed by atoms with E-state index >= 15 is 0 Å². The van der Waals surface area contributed by atoms with Gasteiger partial charge in [-0.05, 0) is 44.1 Å². The molecule has 2 nitrogen and oxygen atoms in total. The Hall–Kier alpha value is -1.31. The van der Waals surface area contributed by atoms with Crippen LogP contribution in [0.25, 0.3) is 0 Å². The van der Waals surface area contributed by atoms with Crippen molar-refractivity contribution in [3.05, 3.63) is 35.9 Å². The number of benzene rings is 1. The number of carboxylic acids is 1. The Morgan fingerprint density at radius 2 is 2.00 bits per heavy atom. The lowest BCUT2D eigenvalue weighted by molar-refractivity contribution is -0.149. The fourth-order valence-corrected chi connectivity index (χ4v) is 2.25. The zero-order valence-electron chi connectivity index (χ0n) is 9.65. The van der Waals surface area contributed by atoms with E-state index in [0.29, 0.717) is 5.92 Å². The topological polar surface area (TPSA) is 37.3 Å². The van der Waals surface area contributed by atoms with E-state index in [0.717, 1.165) is 25.7 Å². The Labute approximate surface area is 96.3 Å². The third kappa shape index (κ3) is 2.26. The summed E-state index contributed by atoms with van der Waals surface area (Å²) in [6.45, 7) is 1.90. The highest BCUT2D eigenvalue weighted by Crippen LogP contribution is 2.48. The molecular formula is C14H18O2. The molecule has 0 spiro atoms. The molecule has 1 aliphatic carbocycles. The molecule has 1 saturated carbocycles. The maximum absolute atomic E-state index is 11.3. The van der Waals surface area contributed by atoms with E-state index in [1.54, 1.807) is 0 Å². The van der Waals surface area contributed by atoms with Gasteiger partial charge in [0.1, 0.15) is 0 Å². The molecule has 1 unspecified atom stereocenters. The van der Waals surface area contributed by atoms with Crippen molar-refractivity contribution in [3.8, 4) is 0 Å². The highest BCUT2D eigenvalue weighted by Gasteiger charge is 2.46. The summed E-state index contributed by atoms with van der Waals surface area (Å²) < 4.78 is 0. The van der Waals surface area contributed by atoms with Gasteiger partial charge in [-0.1, -0.05) is 30.3 Å². The van der Waals surface area contributed by atoms with Gasteiger partial charge >= 0.3 is 5.97 Å². The first-order chi connectivity index (χ1) is 7.63. The second kappa shape index (κ2) is 4.28. The molecule has 1 aromatic rings. The number of aliphatic carboxylic acids is 1. The number of hydrogen-bond acceptors (Lipinski definition) is 1. The number of rotatable bonds is 5. The van der Waals surface area contributed by atoms with Crippen LogP contribution in [0.2, 0.25) is 0 Å². The van der Waals surface area contributed by atoms with E-state index in [9.17, 15) is 9.90 Å². The van der Waals surface area contributed by atoms with Crippen molar-refractivity contribution in [1.82, 2.24) is 0 Å². The second-order valence-corrected chi connectivity index (χ2v) is 4.98. The molecule has 86 valence electrons. The molecule has 2 heteroatoms. The molecule has 1 fully saturated rings. The third-order valence-corrected chi connectivity index (χ3v) is 3.74. The fourth-order valence-electron chi connectivity index (χ4n) is 2.25. The molecule has 0 aromatic heterocycles. The van der Waals surface area contributed by atoms with Crippen LogP contribution in [0.15, 0.2) is 30.3 Å². The average Bonchev–Trinajstić information content (AvgIpc) is 3.11. The molecule has 0 bridgehead atoms. The molecule has 0 heterocycles. The van der Waals surface area contributed by atoms with E-state index in [4.69, 9.17) is 0 Å². The lowest BCUT2D eigenvalue weighted by Crippen LogP contribution is -2.30. The van der Waals surface area contributed by atoms with Crippen LogP contribution in [-0.2, 0) is 11.2 Å². The van der Waals surface area contributed by atoms with E-state index in [1.807, 2.05) is 25.1 Å². The number of hydrogen-bond donors (Lipinski definition) is 1. The van der Waals surface area contributed by atoms with Gasteiger partial charge in [0.25, 0.3) is 0 Å². The smallest absolute Gasteiger partial charge is 0.309 e. The normalized spacial score (nSPS) is 19.1. The summed E-state index contributed by atoms with van der Waals surface area (Å²) in [5.74, 6) is -0.236. The molecule has 0 radical (unpaired) electrons. The van der Waals surface area contributed by atoms with E-state index in [-0.39, 0.29) is 0 Å². The van der Waals surface area contributed by atoms with Crippen molar-refractivity contribution in [1.29, 1.82) is 0 Å². The van der Waals surface area contributed by atoms with Crippen molar-refractivity contribution in [2.24, 2.45) is 11.3 Å². The van der Waals surface area contributed by atoms with Gasteiger partial charge in [-0.2, -0.15) is 0 Å². The van der Waals surface area contributed by atoms with E-state index < -0.39 is 11.4 Å². The molecule has 0 amide bonds. The summed E-state index contributed by atoms with van der Waals surface area (Å²) in [5, 5.41) is 9.32. The zero-order valence-corrected chi connectivity index (χ0v) is 9.65. The van der Waals surface area contributed by atoms with Crippen LogP contribution >= 0.6 is 0 Å². The van der Waals surface area contributed by atoms with Gasteiger partial charge in [0.15, 0.2) is 0 Å². The van der Waals surface area contributed by atoms with Crippen LogP contribution in [0, 0.1) is 11.3 Å². The molecule has 0 aliphatic heterocycles. The summed E-state index contributed by atoms with van der Waals surface area (Å²) in [4.78, 5) is 11.3. The van der Waals surface area contributed by atoms with Gasteiger partial charge in [-0.3, -0.25) is 4.79 Å². The predicted molar refractivity (Wildman–Crippen MR) is 63.2 cm³/mol. The minimum atomic E-state index is -0.633. The van der Waals surface area contributed by atoms with Crippen molar-refractivity contribution in [3.63, 3.8) is 0 Å². The van der Waals surface area contributed by atoms with Crippen LogP contribution in [0.1, 0.15) is 31.7 Å². The van der Waals surface area contributed by atoms with Gasteiger partial charge in [-0.25, -0.2) is 0 Å². The van der Waals surface area contributed by atoms with E-state index in [2.05, 4.69) is 12.1 Å². The quantitative estimate of drug-likeness (QED) is 0.824. The third-order valence-electron chi connectivity index (χ3n) is 3.74. The predicted octanol–water partition coefficient (Wildman–Crippen LogP) is 3.12. The Kier molecular flexibility index (Phi) is 2.99. The van der Waals surface area contributed by atoms with Crippen molar-refractivity contribution in [2.45, 2.75) is 32.6 Å². The van der Waals surface area contributed by atoms with Crippen molar-refractivity contribution >= 4 is 5.97 Å². The van der Waals surface area contributed by atoms with Gasteiger partial charge in [0.05, 0.1) is 5.41 Å². The molecule has 16 heavy (non-hydrogen) atoms. The molecule has 1 aromatic carbocycles. The minimum Gasteiger partial charge on any atom is -0.481 e. The summed E-state index contributed by atoms with van der Waals surface area (Å²) >= 11 is 0. The molecule has 0 saturated heterocycles. The van der Waals surface area contributed by atoms with Crippen LogP contribution in [-0.4, -0.2) is 11.1 Å². The van der Waals surface area contributed by atoms with Crippen molar-refractivity contribution in [2.75, 3.05) is 0 Å². The molecule has 1 atom stereocenters. The zero-order chi connectivity index (χ0) is 11.6. The van der Waals surface area contributed by atoms with Gasteiger partial charge in [0, 0.05) is 0 Å². The minimum absolute atomic E-state index is 0.397. The molecular weight excluding hydrogens is 200 g/mol. The maximum Gasteiger partial charge on any atom is 0.309 e. The Morgan fingerprint density at radius 3 is 2.50 bits per heavy atom. The van der Waals surface area contributed by atoms with Gasteiger partial charge < -0.3 is 5.11 Å². The Morgan fingerprint density at radius 1 is 1.38 bits per heavy atom. The average molecular weight is 218 g/mol. The van der Waals surface area contributed by atoms with Crippen LogP contribution < -0.4 is 0 Å². The highest BCUT2D eigenvalue weighted by atomic mass is 16.4. The fraction of sp³-hybridized carbons (Fsp3) is 0.500. The van der Waals surface area contributed by atoms with Crippen LogP contribution in [0.5, 0.6) is 0 Å². The summed E-state index contributed by atoms with van der Waals surface area (Å²) in [6, 6.07) is 10.1. The number of carbonyl (C=O) groups is 1.